The highest BCUT2D eigenvalue weighted by molar-refractivity contribution is 5.77. The lowest BCUT2D eigenvalue weighted by Gasteiger charge is -2.06. The number of ether oxygens (including phenoxy) is 1. The molecule has 1 aromatic carbocycles. The predicted octanol–water partition coefficient (Wildman–Crippen LogP) is 1.71. The number of carbonyl (C=O) groups excluding carboxylic acids is 1. The monoisotopic (exact) mass is 297 g/mol. The van der Waals surface area contributed by atoms with Crippen molar-refractivity contribution in [1.29, 1.82) is 0 Å². The Balaban J connectivity index is 1.85. The molecule has 1 amide bonds. The van der Waals surface area contributed by atoms with Crippen molar-refractivity contribution in [2.24, 2.45) is 5.73 Å². The Morgan fingerprint density at radius 1 is 1.18 bits per heavy atom. The first kappa shape index (κ1) is 15.7. The van der Waals surface area contributed by atoms with E-state index in [1.807, 2.05) is 54.6 Å². The van der Waals surface area contributed by atoms with E-state index in [2.05, 4.69) is 10.3 Å². The second kappa shape index (κ2) is 8.59. The summed E-state index contributed by atoms with van der Waals surface area (Å²) in [4.78, 5) is 15.6. The fraction of sp³-hybridized carbons (Fsp3) is 0.176. The topological polar surface area (TPSA) is 77.2 Å². The van der Waals surface area contributed by atoms with E-state index in [1.54, 1.807) is 6.20 Å². The highest BCUT2D eigenvalue weighted by atomic mass is 16.5. The Kier molecular flexibility index (Phi) is 6.14. The largest absolute Gasteiger partial charge is 0.484 e. The minimum atomic E-state index is -0.176. The third-order valence-electron chi connectivity index (χ3n) is 2.85. The van der Waals surface area contributed by atoms with Crippen LogP contribution in [0.1, 0.15) is 11.3 Å². The second-order valence-electron chi connectivity index (χ2n) is 4.58. The maximum atomic E-state index is 11.4. The van der Waals surface area contributed by atoms with Gasteiger partial charge in [0.1, 0.15) is 5.75 Å². The van der Waals surface area contributed by atoms with Crippen molar-refractivity contribution in [2.45, 2.75) is 0 Å². The first-order valence-electron chi connectivity index (χ1n) is 7.06. The Morgan fingerprint density at radius 2 is 2.00 bits per heavy atom. The Morgan fingerprint density at radius 3 is 2.68 bits per heavy atom. The van der Waals surface area contributed by atoms with Gasteiger partial charge in [0.25, 0.3) is 5.91 Å². The average Bonchev–Trinajstić information content (AvgIpc) is 2.58. The number of nitrogens with zero attached hydrogens (tertiary/aromatic N) is 1. The summed E-state index contributed by atoms with van der Waals surface area (Å²) in [5.41, 5.74) is 7.24. The summed E-state index contributed by atoms with van der Waals surface area (Å²) in [5.74, 6) is 0.474. The second-order valence-corrected chi connectivity index (χ2v) is 4.58. The van der Waals surface area contributed by atoms with Crippen molar-refractivity contribution in [3.05, 3.63) is 59.9 Å². The molecule has 114 valence electrons. The third-order valence-corrected chi connectivity index (χ3v) is 2.85. The van der Waals surface area contributed by atoms with Gasteiger partial charge in [-0.25, -0.2) is 0 Å². The minimum Gasteiger partial charge on any atom is -0.484 e. The van der Waals surface area contributed by atoms with Gasteiger partial charge in [0.05, 0.1) is 5.69 Å². The molecule has 2 rings (SSSR count). The van der Waals surface area contributed by atoms with Crippen LogP contribution in [0.3, 0.4) is 0 Å². The van der Waals surface area contributed by atoms with Crippen LogP contribution < -0.4 is 15.8 Å². The molecule has 0 unspecified atom stereocenters. The lowest BCUT2D eigenvalue weighted by Crippen LogP contribution is -2.32. The molecule has 0 fully saturated rings. The summed E-state index contributed by atoms with van der Waals surface area (Å²) in [6.45, 7) is 0.867. The number of benzene rings is 1. The molecule has 3 N–H and O–H groups in total. The minimum absolute atomic E-state index is 0.0108. The van der Waals surface area contributed by atoms with E-state index in [0.717, 1.165) is 11.3 Å². The molecule has 0 aliphatic heterocycles. The van der Waals surface area contributed by atoms with Crippen LogP contribution in [0.4, 0.5) is 0 Å². The molecule has 0 saturated carbocycles. The Bertz CT molecular complexity index is 610. The van der Waals surface area contributed by atoms with Crippen molar-refractivity contribution in [3.8, 4) is 5.75 Å². The van der Waals surface area contributed by atoms with Gasteiger partial charge in [-0.15, -0.1) is 0 Å². The molecule has 0 radical (unpaired) electrons. The number of nitrogens with two attached hydrogens (primary N) is 1. The van der Waals surface area contributed by atoms with Gasteiger partial charge in [-0.05, 0) is 35.9 Å². The summed E-state index contributed by atoms with van der Waals surface area (Å²) in [6.07, 6.45) is 5.67. The molecule has 1 heterocycles. The van der Waals surface area contributed by atoms with Gasteiger partial charge >= 0.3 is 0 Å². The number of nitrogens with one attached hydrogen (secondary N) is 1. The zero-order valence-electron chi connectivity index (χ0n) is 12.2. The van der Waals surface area contributed by atoms with E-state index in [4.69, 9.17) is 10.5 Å². The molecule has 22 heavy (non-hydrogen) atoms. The molecule has 0 bridgehead atoms. The van der Waals surface area contributed by atoms with E-state index in [-0.39, 0.29) is 12.5 Å². The van der Waals surface area contributed by atoms with Crippen molar-refractivity contribution in [3.63, 3.8) is 0 Å². The number of amides is 1. The predicted molar refractivity (Wildman–Crippen MR) is 87.2 cm³/mol. The number of pyridine rings is 1. The first-order chi connectivity index (χ1) is 10.8. The summed E-state index contributed by atoms with van der Waals surface area (Å²) in [6, 6.07) is 13.3. The number of hydrogen-bond donors (Lipinski definition) is 2. The molecule has 0 aliphatic carbocycles. The van der Waals surface area contributed by atoms with Crippen LogP contribution in [0.25, 0.3) is 12.2 Å². The van der Waals surface area contributed by atoms with Gasteiger partial charge in [0.2, 0.25) is 0 Å². The molecule has 0 saturated heterocycles. The van der Waals surface area contributed by atoms with E-state index in [9.17, 15) is 4.79 Å². The van der Waals surface area contributed by atoms with Crippen LogP contribution in [0.5, 0.6) is 5.75 Å². The summed E-state index contributed by atoms with van der Waals surface area (Å²) in [7, 11) is 0. The SMILES string of the molecule is NCCNC(=O)COc1ccc(/C=C/c2ccccn2)cc1. The number of hydrogen-bond acceptors (Lipinski definition) is 4. The van der Waals surface area contributed by atoms with Gasteiger partial charge in [0, 0.05) is 19.3 Å². The molecule has 0 aliphatic rings. The molecule has 5 heteroatoms. The summed E-state index contributed by atoms with van der Waals surface area (Å²) in [5, 5.41) is 2.65. The van der Waals surface area contributed by atoms with Crippen molar-refractivity contribution >= 4 is 18.1 Å². The van der Waals surface area contributed by atoms with Crippen molar-refractivity contribution < 1.29 is 9.53 Å². The molecule has 5 nitrogen and oxygen atoms in total. The van der Waals surface area contributed by atoms with E-state index in [0.29, 0.717) is 18.8 Å². The normalized spacial score (nSPS) is 10.6. The van der Waals surface area contributed by atoms with Crippen LogP contribution in [-0.2, 0) is 4.79 Å². The summed E-state index contributed by atoms with van der Waals surface area (Å²) < 4.78 is 5.39. The van der Waals surface area contributed by atoms with Crippen LogP contribution in [-0.4, -0.2) is 30.6 Å². The zero-order valence-corrected chi connectivity index (χ0v) is 12.2. The lowest BCUT2D eigenvalue weighted by molar-refractivity contribution is -0.123. The fourth-order valence-corrected chi connectivity index (χ4v) is 1.74. The highest BCUT2D eigenvalue weighted by Crippen LogP contribution is 2.14. The van der Waals surface area contributed by atoms with Gasteiger partial charge < -0.3 is 15.8 Å². The maximum Gasteiger partial charge on any atom is 0.257 e. The van der Waals surface area contributed by atoms with Crippen LogP contribution in [0, 0.1) is 0 Å². The number of aromatic nitrogens is 1. The highest BCUT2D eigenvalue weighted by Gasteiger charge is 2.01. The zero-order chi connectivity index (χ0) is 15.6. The number of carbonyl (C=O) groups is 1. The van der Waals surface area contributed by atoms with Gasteiger partial charge in [-0.1, -0.05) is 24.3 Å². The fourth-order valence-electron chi connectivity index (χ4n) is 1.74. The molecule has 2 aromatic rings. The molecular weight excluding hydrogens is 278 g/mol. The van der Waals surface area contributed by atoms with Crippen molar-refractivity contribution in [2.75, 3.05) is 19.7 Å². The molecule has 0 spiro atoms. The Labute approximate surface area is 129 Å². The molecular formula is C17H19N3O2. The smallest absolute Gasteiger partial charge is 0.257 e. The number of rotatable bonds is 7. The lowest BCUT2D eigenvalue weighted by atomic mass is 10.2. The van der Waals surface area contributed by atoms with Gasteiger partial charge in [-0.3, -0.25) is 9.78 Å². The van der Waals surface area contributed by atoms with E-state index >= 15 is 0 Å². The third kappa shape index (κ3) is 5.38. The standard InChI is InChI=1S/C17H19N3O2/c18-10-12-20-17(21)13-22-16-8-5-14(6-9-16)4-7-15-3-1-2-11-19-15/h1-9,11H,10,12-13,18H2,(H,20,21)/b7-4+. The van der Waals surface area contributed by atoms with Gasteiger partial charge in [0.15, 0.2) is 6.61 Å². The quantitative estimate of drug-likeness (QED) is 0.815. The maximum absolute atomic E-state index is 11.4. The first-order valence-corrected chi connectivity index (χ1v) is 7.06. The summed E-state index contributed by atoms with van der Waals surface area (Å²) >= 11 is 0. The van der Waals surface area contributed by atoms with Gasteiger partial charge in [-0.2, -0.15) is 0 Å². The van der Waals surface area contributed by atoms with Crippen molar-refractivity contribution in [1.82, 2.24) is 10.3 Å². The van der Waals surface area contributed by atoms with Crippen LogP contribution >= 0.6 is 0 Å². The average molecular weight is 297 g/mol. The Hall–Kier alpha value is -2.66. The molecule has 1 aromatic heterocycles. The molecule has 0 atom stereocenters. The van der Waals surface area contributed by atoms with Crippen LogP contribution in [0.15, 0.2) is 48.7 Å². The van der Waals surface area contributed by atoms with E-state index < -0.39 is 0 Å². The van der Waals surface area contributed by atoms with E-state index in [1.165, 1.54) is 0 Å². The van der Waals surface area contributed by atoms with Crippen LogP contribution in [0.2, 0.25) is 0 Å².